The quantitative estimate of drug-likeness (QED) is 0.928. The summed E-state index contributed by atoms with van der Waals surface area (Å²) in [6, 6.07) is 1.65. The third-order valence-corrected chi connectivity index (χ3v) is 6.45. The Morgan fingerprint density at radius 1 is 1.44 bits per heavy atom. The lowest BCUT2D eigenvalue weighted by molar-refractivity contribution is 0.285. The van der Waals surface area contributed by atoms with Crippen LogP contribution >= 0.6 is 11.3 Å². The summed E-state index contributed by atoms with van der Waals surface area (Å²) in [5.74, 6) is 0. The van der Waals surface area contributed by atoms with Gasteiger partial charge in [-0.15, -0.1) is 11.3 Å². The molecule has 6 heteroatoms. The number of hydrogen-bond donors (Lipinski definition) is 1. The van der Waals surface area contributed by atoms with Gasteiger partial charge in [-0.2, -0.15) is 4.31 Å². The summed E-state index contributed by atoms with van der Waals surface area (Å²) < 4.78 is 26.7. The van der Waals surface area contributed by atoms with Crippen molar-refractivity contribution in [1.29, 1.82) is 0 Å². The SMILES string of the molecule is CC1CCCCCN1S(=O)(=O)c1csc(CO)c1. The van der Waals surface area contributed by atoms with Crippen LogP contribution in [0.25, 0.3) is 0 Å². The molecule has 2 heterocycles. The van der Waals surface area contributed by atoms with Crippen molar-refractivity contribution in [2.75, 3.05) is 6.54 Å². The van der Waals surface area contributed by atoms with Crippen LogP contribution in [0.15, 0.2) is 16.3 Å². The Hall–Kier alpha value is -0.430. The monoisotopic (exact) mass is 289 g/mol. The molecule has 1 atom stereocenters. The van der Waals surface area contributed by atoms with Crippen molar-refractivity contribution >= 4 is 21.4 Å². The predicted octanol–water partition coefficient (Wildman–Crippen LogP) is 2.19. The topological polar surface area (TPSA) is 57.6 Å². The van der Waals surface area contributed by atoms with Gasteiger partial charge in [0.25, 0.3) is 0 Å². The van der Waals surface area contributed by atoms with Crippen LogP contribution in [0.2, 0.25) is 0 Å². The van der Waals surface area contributed by atoms with Crippen molar-refractivity contribution in [2.45, 2.75) is 50.2 Å². The van der Waals surface area contributed by atoms with Crippen molar-refractivity contribution < 1.29 is 13.5 Å². The molecule has 0 aliphatic carbocycles. The second kappa shape index (κ2) is 5.69. The van der Waals surface area contributed by atoms with Gasteiger partial charge in [-0.3, -0.25) is 0 Å². The lowest BCUT2D eigenvalue weighted by atomic mass is 10.1. The van der Waals surface area contributed by atoms with Gasteiger partial charge in [-0.25, -0.2) is 8.42 Å². The number of sulfonamides is 1. The highest BCUT2D eigenvalue weighted by atomic mass is 32.2. The van der Waals surface area contributed by atoms with E-state index in [9.17, 15) is 8.42 Å². The summed E-state index contributed by atoms with van der Waals surface area (Å²) >= 11 is 1.29. The molecule has 1 aromatic heterocycles. The molecule has 1 saturated heterocycles. The van der Waals surface area contributed by atoms with Gasteiger partial charge in [0.2, 0.25) is 10.0 Å². The van der Waals surface area contributed by atoms with Gasteiger partial charge in [-0.05, 0) is 25.8 Å². The van der Waals surface area contributed by atoms with Crippen LogP contribution in [0.5, 0.6) is 0 Å². The molecule has 102 valence electrons. The lowest BCUT2D eigenvalue weighted by Crippen LogP contribution is -2.38. The summed E-state index contributed by atoms with van der Waals surface area (Å²) in [5, 5.41) is 10.6. The second-order valence-electron chi connectivity index (χ2n) is 4.72. The third kappa shape index (κ3) is 2.77. The van der Waals surface area contributed by atoms with Gasteiger partial charge in [-0.1, -0.05) is 12.8 Å². The fraction of sp³-hybridized carbons (Fsp3) is 0.667. The molecule has 0 aromatic carbocycles. The minimum Gasteiger partial charge on any atom is -0.391 e. The maximum absolute atomic E-state index is 12.5. The highest BCUT2D eigenvalue weighted by Gasteiger charge is 2.30. The van der Waals surface area contributed by atoms with Gasteiger partial charge >= 0.3 is 0 Å². The zero-order valence-corrected chi connectivity index (χ0v) is 12.1. The third-order valence-electron chi connectivity index (χ3n) is 3.38. The molecule has 0 amide bonds. The molecular weight excluding hydrogens is 270 g/mol. The number of hydrogen-bond acceptors (Lipinski definition) is 4. The van der Waals surface area contributed by atoms with Gasteiger partial charge in [0.1, 0.15) is 0 Å². The maximum atomic E-state index is 12.5. The molecule has 1 aromatic rings. The van der Waals surface area contributed by atoms with Gasteiger partial charge in [0, 0.05) is 22.8 Å². The molecule has 1 fully saturated rings. The molecule has 2 rings (SSSR count). The summed E-state index contributed by atoms with van der Waals surface area (Å²) in [7, 11) is -3.39. The Morgan fingerprint density at radius 3 is 2.89 bits per heavy atom. The molecule has 18 heavy (non-hydrogen) atoms. The first-order chi connectivity index (χ1) is 8.55. The van der Waals surface area contributed by atoms with E-state index in [-0.39, 0.29) is 12.6 Å². The van der Waals surface area contributed by atoms with Crippen LogP contribution in [0.1, 0.15) is 37.5 Å². The first-order valence-electron chi connectivity index (χ1n) is 6.26. The van der Waals surface area contributed by atoms with E-state index in [1.165, 1.54) is 11.3 Å². The van der Waals surface area contributed by atoms with Crippen LogP contribution in [-0.2, 0) is 16.6 Å². The average molecular weight is 289 g/mol. The van der Waals surface area contributed by atoms with Crippen molar-refractivity contribution in [3.63, 3.8) is 0 Å². The Balaban J connectivity index is 2.28. The normalized spacial score (nSPS) is 22.9. The second-order valence-corrected chi connectivity index (χ2v) is 7.61. The van der Waals surface area contributed by atoms with E-state index in [1.807, 2.05) is 6.92 Å². The summed E-state index contributed by atoms with van der Waals surface area (Å²) in [6.07, 6.45) is 4.05. The van der Waals surface area contributed by atoms with E-state index in [1.54, 1.807) is 15.8 Å². The maximum Gasteiger partial charge on any atom is 0.244 e. The van der Waals surface area contributed by atoms with Crippen molar-refractivity contribution in [1.82, 2.24) is 4.31 Å². The number of thiophene rings is 1. The fourth-order valence-electron chi connectivity index (χ4n) is 2.32. The van der Waals surface area contributed by atoms with Gasteiger partial charge < -0.3 is 5.11 Å². The van der Waals surface area contributed by atoms with E-state index < -0.39 is 10.0 Å². The molecule has 1 aliphatic heterocycles. The number of aliphatic hydroxyl groups excluding tert-OH is 1. The lowest BCUT2D eigenvalue weighted by Gasteiger charge is -2.25. The molecule has 0 spiro atoms. The summed E-state index contributed by atoms with van der Waals surface area (Å²) in [5.41, 5.74) is 0. The fourth-order valence-corrected chi connectivity index (χ4v) is 5.14. The zero-order valence-electron chi connectivity index (χ0n) is 10.5. The largest absolute Gasteiger partial charge is 0.391 e. The Kier molecular flexibility index (Phi) is 4.42. The minimum absolute atomic E-state index is 0.0648. The van der Waals surface area contributed by atoms with Gasteiger partial charge in [0.15, 0.2) is 0 Å². The van der Waals surface area contributed by atoms with Crippen LogP contribution < -0.4 is 0 Å². The molecule has 0 saturated carbocycles. The molecule has 1 unspecified atom stereocenters. The van der Waals surface area contributed by atoms with Gasteiger partial charge in [0.05, 0.1) is 11.5 Å². The Labute approximate surface area is 112 Å². The highest BCUT2D eigenvalue weighted by Crippen LogP contribution is 2.27. The van der Waals surface area contributed by atoms with E-state index in [2.05, 4.69) is 0 Å². The molecule has 4 nitrogen and oxygen atoms in total. The molecule has 1 N–H and O–H groups in total. The molecule has 1 aliphatic rings. The predicted molar refractivity (Wildman–Crippen MR) is 72.1 cm³/mol. The van der Waals surface area contributed by atoms with Crippen molar-refractivity contribution in [3.8, 4) is 0 Å². The zero-order chi connectivity index (χ0) is 13.2. The minimum atomic E-state index is -3.39. The van der Waals surface area contributed by atoms with E-state index in [0.717, 1.165) is 25.7 Å². The standard InChI is InChI=1S/C12H19NO3S2/c1-10-5-3-2-4-6-13(10)18(15,16)12-7-11(8-14)17-9-12/h7,9-10,14H,2-6,8H2,1H3. The summed E-state index contributed by atoms with van der Waals surface area (Å²) in [4.78, 5) is 1.02. The van der Waals surface area contributed by atoms with Crippen LogP contribution in [0, 0.1) is 0 Å². The van der Waals surface area contributed by atoms with E-state index in [4.69, 9.17) is 5.11 Å². The smallest absolute Gasteiger partial charge is 0.244 e. The van der Waals surface area contributed by atoms with Crippen LogP contribution in [0.4, 0.5) is 0 Å². The van der Waals surface area contributed by atoms with Crippen molar-refractivity contribution in [3.05, 3.63) is 16.3 Å². The molecule has 0 bridgehead atoms. The molecule has 0 radical (unpaired) electrons. The van der Waals surface area contributed by atoms with Crippen LogP contribution in [-0.4, -0.2) is 30.4 Å². The average Bonchev–Trinajstić information content (AvgIpc) is 2.72. The number of rotatable bonds is 3. The highest BCUT2D eigenvalue weighted by molar-refractivity contribution is 7.89. The van der Waals surface area contributed by atoms with E-state index in [0.29, 0.717) is 16.3 Å². The molecular formula is C12H19NO3S2. The van der Waals surface area contributed by atoms with E-state index >= 15 is 0 Å². The number of aliphatic hydroxyl groups is 1. The first-order valence-corrected chi connectivity index (χ1v) is 8.58. The first kappa shape index (κ1) is 14.0. The Morgan fingerprint density at radius 2 is 2.22 bits per heavy atom. The van der Waals surface area contributed by atoms with Crippen molar-refractivity contribution in [2.24, 2.45) is 0 Å². The summed E-state index contributed by atoms with van der Waals surface area (Å²) in [6.45, 7) is 2.48. The Bertz CT molecular complexity index is 495. The number of nitrogens with zero attached hydrogens (tertiary/aromatic N) is 1. The van der Waals surface area contributed by atoms with Crippen LogP contribution in [0.3, 0.4) is 0 Å².